The number of ketones is 1. The average molecular weight is 330 g/mol. The smallest absolute Gasteiger partial charge is 0.159 e. The number of carbonyl (C=O) groups is 1. The molecule has 23 heavy (non-hydrogen) atoms. The summed E-state index contributed by atoms with van der Waals surface area (Å²) in [6, 6.07) is 7.67. The van der Waals surface area contributed by atoms with Crippen LogP contribution in [0.15, 0.2) is 29.6 Å². The third kappa shape index (κ3) is 3.86. The van der Waals surface area contributed by atoms with E-state index in [1.807, 2.05) is 24.3 Å². The monoisotopic (exact) mass is 330 g/mol. The van der Waals surface area contributed by atoms with Crippen molar-refractivity contribution in [3.8, 4) is 11.3 Å². The fourth-order valence-corrected chi connectivity index (χ4v) is 4.03. The molecule has 1 N–H and O–H groups in total. The topological polar surface area (TPSA) is 53.4 Å². The lowest BCUT2D eigenvalue weighted by atomic mass is 9.97. The van der Waals surface area contributed by atoms with E-state index in [1.165, 1.54) is 5.01 Å². The van der Waals surface area contributed by atoms with Gasteiger partial charge in [-0.25, -0.2) is 4.98 Å². The highest BCUT2D eigenvalue weighted by molar-refractivity contribution is 7.10. The largest absolute Gasteiger partial charge is 0.395 e. The number of hydrogen-bond acceptors (Lipinski definition) is 5. The van der Waals surface area contributed by atoms with Gasteiger partial charge < -0.3 is 10.0 Å². The molecule has 4 nitrogen and oxygen atoms in total. The van der Waals surface area contributed by atoms with Crippen LogP contribution in [0.4, 0.5) is 0 Å². The zero-order valence-electron chi connectivity index (χ0n) is 13.4. The number of nitrogens with zero attached hydrogens (tertiary/aromatic N) is 2. The summed E-state index contributed by atoms with van der Waals surface area (Å²) in [5.41, 5.74) is 2.80. The van der Waals surface area contributed by atoms with Gasteiger partial charge in [-0.15, -0.1) is 11.3 Å². The number of aliphatic hydroxyl groups excluding tert-OH is 1. The second kappa shape index (κ2) is 7.34. The van der Waals surface area contributed by atoms with Crippen LogP contribution in [-0.2, 0) is 0 Å². The highest BCUT2D eigenvalue weighted by Crippen LogP contribution is 2.32. The Morgan fingerprint density at radius 2 is 2.00 bits per heavy atom. The number of benzene rings is 1. The number of piperidine rings is 1. The fourth-order valence-electron chi connectivity index (χ4n) is 3.03. The minimum Gasteiger partial charge on any atom is -0.395 e. The van der Waals surface area contributed by atoms with E-state index in [-0.39, 0.29) is 12.4 Å². The predicted molar refractivity (Wildman–Crippen MR) is 93.1 cm³/mol. The van der Waals surface area contributed by atoms with E-state index in [0.717, 1.165) is 49.3 Å². The van der Waals surface area contributed by atoms with Crippen LogP contribution in [0.25, 0.3) is 11.3 Å². The number of rotatable bonds is 5. The van der Waals surface area contributed by atoms with Gasteiger partial charge >= 0.3 is 0 Å². The molecule has 0 radical (unpaired) electrons. The van der Waals surface area contributed by atoms with Gasteiger partial charge in [0, 0.05) is 29.0 Å². The molecule has 0 bridgehead atoms. The molecule has 1 aromatic heterocycles. The lowest BCUT2D eigenvalue weighted by molar-refractivity contribution is 0.101. The summed E-state index contributed by atoms with van der Waals surface area (Å²) >= 11 is 1.73. The number of aromatic nitrogens is 1. The van der Waals surface area contributed by atoms with Crippen molar-refractivity contribution in [3.05, 3.63) is 40.2 Å². The standard InChI is InChI=1S/C18H22N2O2S/c1-13(22)14-2-4-15(5-3-14)17-12-23-18(19-17)16-6-8-20(9-7-16)10-11-21/h2-5,12,16,21H,6-11H2,1H3. The number of Topliss-reactive ketones (excluding diaryl/α,β-unsaturated/α-hetero) is 1. The van der Waals surface area contributed by atoms with Gasteiger partial charge in [0.2, 0.25) is 0 Å². The van der Waals surface area contributed by atoms with E-state index in [2.05, 4.69) is 10.3 Å². The Labute approximate surface area is 140 Å². The quantitative estimate of drug-likeness (QED) is 0.856. The molecule has 0 saturated carbocycles. The van der Waals surface area contributed by atoms with Crippen molar-refractivity contribution in [3.63, 3.8) is 0 Å². The Morgan fingerprint density at radius 1 is 1.30 bits per heavy atom. The Balaban J connectivity index is 1.67. The second-order valence-corrected chi connectivity index (χ2v) is 6.93. The number of hydrogen-bond donors (Lipinski definition) is 1. The first-order valence-electron chi connectivity index (χ1n) is 8.07. The van der Waals surface area contributed by atoms with Gasteiger partial charge in [0.05, 0.1) is 17.3 Å². The molecule has 0 aliphatic carbocycles. The minimum atomic E-state index is 0.0881. The van der Waals surface area contributed by atoms with E-state index < -0.39 is 0 Å². The van der Waals surface area contributed by atoms with Crippen LogP contribution in [0.2, 0.25) is 0 Å². The molecule has 122 valence electrons. The number of β-amino-alcohol motifs (C(OH)–C–C–N with tert-alkyl or cyclic N) is 1. The van der Waals surface area contributed by atoms with E-state index in [9.17, 15) is 4.79 Å². The molecule has 0 unspecified atom stereocenters. The van der Waals surface area contributed by atoms with E-state index >= 15 is 0 Å². The Hall–Kier alpha value is -1.56. The summed E-state index contributed by atoms with van der Waals surface area (Å²) in [6.07, 6.45) is 2.21. The zero-order valence-corrected chi connectivity index (χ0v) is 14.2. The third-order valence-electron chi connectivity index (χ3n) is 4.46. The van der Waals surface area contributed by atoms with Crippen molar-refractivity contribution in [1.29, 1.82) is 0 Å². The molecule has 1 fully saturated rings. The molecule has 1 aliphatic rings. The zero-order chi connectivity index (χ0) is 16.2. The molecule has 0 spiro atoms. The predicted octanol–water partition coefficient (Wildman–Crippen LogP) is 3.18. The van der Waals surface area contributed by atoms with Crippen molar-refractivity contribution < 1.29 is 9.90 Å². The second-order valence-electron chi connectivity index (χ2n) is 6.04. The normalized spacial score (nSPS) is 16.6. The molecular weight excluding hydrogens is 308 g/mol. The molecule has 5 heteroatoms. The molecule has 3 rings (SSSR count). The molecule has 1 saturated heterocycles. The third-order valence-corrected chi connectivity index (χ3v) is 5.47. The van der Waals surface area contributed by atoms with Crippen LogP contribution >= 0.6 is 11.3 Å². The van der Waals surface area contributed by atoms with Crippen molar-refractivity contribution in [2.75, 3.05) is 26.2 Å². The Kier molecular flexibility index (Phi) is 5.20. The highest BCUT2D eigenvalue weighted by Gasteiger charge is 2.22. The molecule has 0 atom stereocenters. The van der Waals surface area contributed by atoms with Crippen LogP contribution in [0, 0.1) is 0 Å². The highest BCUT2D eigenvalue weighted by atomic mass is 32.1. The molecule has 0 amide bonds. The van der Waals surface area contributed by atoms with Gasteiger partial charge in [0.15, 0.2) is 5.78 Å². The molecule has 2 aromatic rings. The van der Waals surface area contributed by atoms with Crippen LogP contribution in [0.1, 0.15) is 41.0 Å². The first-order valence-corrected chi connectivity index (χ1v) is 8.95. The van der Waals surface area contributed by atoms with Gasteiger partial charge in [0.1, 0.15) is 0 Å². The number of aliphatic hydroxyl groups is 1. The maximum Gasteiger partial charge on any atom is 0.159 e. The Morgan fingerprint density at radius 3 is 2.61 bits per heavy atom. The summed E-state index contributed by atoms with van der Waals surface area (Å²) in [6.45, 7) is 4.67. The van der Waals surface area contributed by atoms with Crippen LogP contribution in [-0.4, -0.2) is 47.0 Å². The maximum absolute atomic E-state index is 11.3. The van der Waals surface area contributed by atoms with Gasteiger partial charge in [-0.2, -0.15) is 0 Å². The number of carbonyl (C=O) groups excluding carboxylic acids is 1. The summed E-state index contributed by atoms with van der Waals surface area (Å²) in [4.78, 5) is 18.5. The van der Waals surface area contributed by atoms with Crippen molar-refractivity contribution >= 4 is 17.1 Å². The minimum absolute atomic E-state index is 0.0881. The molecule has 1 aromatic carbocycles. The number of thiazole rings is 1. The van der Waals surface area contributed by atoms with Gasteiger partial charge in [-0.1, -0.05) is 24.3 Å². The summed E-state index contributed by atoms with van der Waals surface area (Å²) in [7, 11) is 0. The Bertz CT molecular complexity index is 658. The van der Waals surface area contributed by atoms with Crippen LogP contribution in [0.5, 0.6) is 0 Å². The van der Waals surface area contributed by atoms with Crippen molar-refractivity contribution in [2.45, 2.75) is 25.7 Å². The van der Waals surface area contributed by atoms with Crippen LogP contribution in [0.3, 0.4) is 0 Å². The van der Waals surface area contributed by atoms with Crippen molar-refractivity contribution in [1.82, 2.24) is 9.88 Å². The van der Waals surface area contributed by atoms with Crippen LogP contribution < -0.4 is 0 Å². The average Bonchev–Trinajstić information content (AvgIpc) is 3.06. The summed E-state index contributed by atoms with van der Waals surface area (Å²) in [5, 5.41) is 12.3. The van der Waals surface area contributed by atoms with E-state index in [4.69, 9.17) is 10.1 Å². The lowest BCUT2D eigenvalue weighted by Crippen LogP contribution is -2.34. The molecular formula is C18H22N2O2S. The summed E-state index contributed by atoms with van der Waals surface area (Å²) < 4.78 is 0. The van der Waals surface area contributed by atoms with Gasteiger partial charge in [0.25, 0.3) is 0 Å². The van der Waals surface area contributed by atoms with Crippen molar-refractivity contribution in [2.24, 2.45) is 0 Å². The molecule has 2 heterocycles. The maximum atomic E-state index is 11.3. The SMILES string of the molecule is CC(=O)c1ccc(-c2csc(C3CCN(CCO)CC3)n2)cc1. The summed E-state index contributed by atoms with van der Waals surface area (Å²) in [5.74, 6) is 0.616. The van der Waals surface area contributed by atoms with E-state index in [0.29, 0.717) is 5.92 Å². The molecule has 1 aliphatic heterocycles. The van der Waals surface area contributed by atoms with Gasteiger partial charge in [-0.05, 0) is 32.9 Å². The first-order chi connectivity index (χ1) is 11.2. The fraction of sp³-hybridized carbons (Fsp3) is 0.444. The van der Waals surface area contributed by atoms with Gasteiger partial charge in [-0.3, -0.25) is 4.79 Å². The first kappa shape index (κ1) is 16.3. The van der Waals surface area contributed by atoms with E-state index in [1.54, 1.807) is 18.3 Å². The lowest BCUT2D eigenvalue weighted by Gasteiger charge is -2.30. The number of likely N-dealkylation sites (tertiary alicyclic amines) is 1.